The van der Waals surface area contributed by atoms with Gasteiger partial charge in [0.25, 0.3) is 0 Å². The Morgan fingerprint density at radius 2 is 0.947 bits per heavy atom. The molecule has 0 aromatic rings. The SMILES string of the molecule is CC/C=C/C/C=C/C/C=C/C/C=C/C/C=C/CCCC(=O)O[C@H](COC(=O)CCC/C=C/C/C=C/C/C=C/C/C=C/CCCCC)COP(=O)(O)OC[C@@H](O)CO. The van der Waals surface area contributed by atoms with Crippen LogP contribution in [0.5, 0.6) is 0 Å². The molecule has 0 aromatic heterocycles. The summed E-state index contributed by atoms with van der Waals surface area (Å²) in [4.78, 5) is 34.9. The van der Waals surface area contributed by atoms with Gasteiger partial charge in [-0.05, 0) is 89.9 Å². The molecule has 322 valence electrons. The van der Waals surface area contributed by atoms with Crippen LogP contribution < -0.4 is 0 Å². The van der Waals surface area contributed by atoms with E-state index < -0.39 is 51.8 Å². The molecule has 0 aliphatic carbocycles. The molecule has 0 fully saturated rings. The van der Waals surface area contributed by atoms with Gasteiger partial charge in [0.15, 0.2) is 6.10 Å². The van der Waals surface area contributed by atoms with E-state index in [4.69, 9.17) is 19.1 Å². The van der Waals surface area contributed by atoms with Gasteiger partial charge in [-0.15, -0.1) is 0 Å². The molecule has 0 heterocycles. The highest BCUT2D eigenvalue weighted by atomic mass is 31.2. The fraction of sp³-hybridized carbons (Fsp3) is 0.565. The summed E-state index contributed by atoms with van der Waals surface area (Å²) in [5, 5.41) is 18.3. The third-order valence-electron chi connectivity index (χ3n) is 7.91. The predicted molar refractivity (Wildman–Crippen MR) is 232 cm³/mol. The molecule has 3 N–H and O–H groups in total. The predicted octanol–water partition coefficient (Wildman–Crippen LogP) is 11.0. The quantitative estimate of drug-likeness (QED) is 0.0239. The number of hydrogen-bond acceptors (Lipinski definition) is 9. The number of aliphatic hydroxyl groups excluding tert-OH is 2. The van der Waals surface area contributed by atoms with Gasteiger partial charge in [0.05, 0.1) is 19.8 Å². The van der Waals surface area contributed by atoms with Crippen molar-refractivity contribution in [1.82, 2.24) is 0 Å². The summed E-state index contributed by atoms with van der Waals surface area (Å²) in [7, 11) is -4.65. The first kappa shape index (κ1) is 53.6. The van der Waals surface area contributed by atoms with E-state index in [-0.39, 0.29) is 19.4 Å². The highest BCUT2D eigenvalue weighted by Gasteiger charge is 2.27. The minimum Gasteiger partial charge on any atom is -0.462 e. The Balaban J connectivity index is 4.54. The fourth-order valence-corrected chi connectivity index (χ4v) is 5.51. The lowest BCUT2D eigenvalue weighted by molar-refractivity contribution is -0.161. The summed E-state index contributed by atoms with van der Waals surface area (Å²) in [5.74, 6) is -1.07. The minimum atomic E-state index is -4.65. The van der Waals surface area contributed by atoms with Gasteiger partial charge >= 0.3 is 19.8 Å². The van der Waals surface area contributed by atoms with Crippen LogP contribution in [0.1, 0.15) is 129 Å². The molecule has 0 saturated heterocycles. The Morgan fingerprint density at radius 3 is 1.39 bits per heavy atom. The van der Waals surface area contributed by atoms with Crippen molar-refractivity contribution in [2.75, 3.05) is 26.4 Å². The molecule has 3 atom stereocenters. The van der Waals surface area contributed by atoms with Crippen LogP contribution in [0.25, 0.3) is 0 Å². The number of hydrogen-bond donors (Lipinski definition) is 3. The van der Waals surface area contributed by atoms with Gasteiger partial charge in [-0.2, -0.15) is 0 Å². The number of allylic oxidation sites excluding steroid dienone is 18. The lowest BCUT2D eigenvalue weighted by Crippen LogP contribution is -2.29. The number of carbonyl (C=O) groups is 2. The van der Waals surface area contributed by atoms with Crippen molar-refractivity contribution in [3.63, 3.8) is 0 Å². The number of phosphoric ester groups is 1. The number of unbranched alkanes of at least 4 members (excludes halogenated alkanes) is 5. The van der Waals surface area contributed by atoms with Crippen LogP contribution in [0.2, 0.25) is 0 Å². The van der Waals surface area contributed by atoms with Crippen molar-refractivity contribution >= 4 is 19.8 Å². The van der Waals surface area contributed by atoms with Crippen molar-refractivity contribution in [2.24, 2.45) is 0 Å². The number of aliphatic hydroxyl groups is 2. The number of esters is 2. The van der Waals surface area contributed by atoms with Gasteiger partial charge in [0, 0.05) is 12.8 Å². The molecule has 0 aromatic carbocycles. The summed E-state index contributed by atoms with van der Waals surface area (Å²) in [5.41, 5.74) is 0. The second kappa shape index (κ2) is 40.8. The highest BCUT2D eigenvalue weighted by Crippen LogP contribution is 2.43. The monoisotopic (exact) mass is 816 g/mol. The average molecular weight is 817 g/mol. The summed E-state index contributed by atoms with van der Waals surface area (Å²) in [6, 6.07) is 0. The standard InChI is InChI=1S/C46H73O10P/c1-3-5-7-9-11-13-15-17-19-21-23-25-27-29-31-33-35-37-45(49)53-41-44(42-55-57(51,52)54-40-43(48)39-47)56-46(50)38-36-34-32-30-28-26-24-22-20-18-16-14-12-10-8-6-4-2/h6,8,11-14,17-20,23-26,29-32,43-44,47-48H,3-5,7,9-10,15-16,21-22,27-28,33-42H2,1-2H3,(H,51,52)/b8-6+,13-11+,14-12+,19-17+,20-18+,25-23+,26-24+,31-29+,32-30+/t43-,44+/m0/s1. The maximum absolute atomic E-state index is 12.6. The van der Waals surface area contributed by atoms with Gasteiger partial charge < -0.3 is 24.6 Å². The maximum Gasteiger partial charge on any atom is 0.472 e. The van der Waals surface area contributed by atoms with Gasteiger partial charge in [0.2, 0.25) is 0 Å². The van der Waals surface area contributed by atoms with E-state index in [2.05, 4.69) is 103 Å². The van der Waals surface area contributed by atoms with Gasteiger partial charge in [-0.25, -0.2) is 4.57 Å². The Morgan fingerprint density at radius 1 is 0.544 bits per heavy atom. The van der Waals surface area contributed by atoms with Crippen molar-refractivity contribution < 1.29 is 47.8 Å². The normalized spacial score (nSPS) is 15.0. The highest BCUT2D eigenvalue weighted by molar-refractivity contribution is 7.47. The first-order chi connectivity index (χ1) is 27.7. The van der Waals surface area contributed by atoms with Crippen molar-refractivity contribution in [3.05, 3.63) is 109 Å². The summed E-state index contributed by atoms with van der Waals surface area (Å²) in [6.07, 6.45) is 50.7. The molecule has 0 spiro atoms. The van der Waals surface area contributed by atoms with Gasteiger partial charge in [-0.3, -0.25) is 18.6 Å². The van der Waals surface area contributed by atoms with Crippen molar-refractivity contribution in [3.8, 4) is 0 Å². The fourth-order valence-electron chi connectivity index (χ4n) is 4.72. The van der Waals surface area contributed by atoms with E-state index in [1.807, 2.05) is 24.3 Å². The first-order valence-corrected chi connectivity index (χ1v) is 22.3. The Hall–Kier alpha value is -3.37. The van der Waals surface area contributed by atoms with E-state index >= 15 is 0 Å². The third kappa shape index (κ3) is 40.6. The van der Waals surface area contributed by atoms with Gasteiger partial charge in [0.1, 0.15) is 12.7 Å². The molecule has 0 amide bonds. The summed E-state index contributed by atoms with van der Waals surface area (Å²) >= 11 is 0. The van der Waals surface area contributed by atoms with Crippen LogP contribution in [0.4, 0.5) is 0 Å². The zero-order chi connectivity index (χ0) is 41.9. The molecular formula is C46H73O10P. The number of carbonyl (C=O) groups excluding carboxylic acids is 2. The first-order valence-electron chi connectivity index (χ1n) is 20.8. The largest absolute Gasteiger partial charge is 0.472 e. The molecule has 0 aliphatic rings. The smallest absolute Gasteiger partial charge is 0.462 e. The second-order valence-corrected chi connectivity index (χ2v) is 14.7. The van der Waals surface area contributed by atoms with Crippen LogP contribution in [0.15, 0.2) is 109 Å². The molecule has 0 rings (SSSR count). The number of phosphoric acid groups is 1. The lowest BCUT2D eigenvalue weighted by Gasteiger charge is -2.20. The van der Waals surface area contributed by atoms with Crippen molar-refractivity contribution in [1.29, 1.82) is 0 Å². The zero-order valence-electron chi connectivity index (χ0n) is 34.7. The maximum atomic E-state index is 12.6. The van der Waals surface area contributed by atoms with E-state index in [1.165, 1.54) is 19.3 Å². The number of ether oxygens (including phenoxy) is 2. The Bertz CT molecular complexity index is 1310. The molecule has 0 aliphatic heterocycles. The van der Waals surface area contributed by atoms with Crippen LogP contribution >= 0.6 is 7.82 Å². The van der Waals surface area contributed by atoms with Crippen LogP contribution in [-0.4, -0.2) is 65.7 Å². The molecule has 1 unspecified atom stereocenters. The summed E-state index contributed by atoms with van der Waals surface area (Å²) < 4.78 is 32.5. The topological polar surface area (TPSA) is 149 Å². The minimum absolute atomic E-state index is 0.0871. The molecule has 0 bridgehead atoms. The zero-order valence-corrected chi connectivity index (χ0v) is 35.6. The van der Waals surface area contributed by atoms with E-state index in [9.17, 15) is 24.2 Å². The Kier molecular flexibility index (Phi) is 38.4. The van der Waals surface area contributed by atoms with Crippen LogP contribution in [0.3, 0.4) is 0 Å². The molecular weight excluding hydrogens is 743 g/mol. The average Bonchev–Trinajstić information content (AvgIpc) is 3.20. The molecule has 57 heavy (non-hydrogen) atoms. The molecule has 11 heteroatoms. The molecule has 0 radical (unpaired) electrons. The summed E-state index contributed by atoms with van der Waals surface area (Å²) in [6.45, 7) is 2.07. The van der Waals surface area contributed by atoms with Crippen molar-refractivity contribution in [2.45, 2.75) is 142 Å². The lowest BCUT2D eigenvalue weighted by atomic mass is 10.2. The molecule has 0 saturated carbocycles. The van der Waals surface area contributed by atoms with E-state index in [1.54, 1.807) is 0 Å². The van der Waals surface area contributed by atoms with Crippen LogP contribution in [-0.2, 0) is 32.7 Å². The van der Waals surface area contributed by atoms with E-state index in [0.29, 0.717) is 25.7 Å². The third-order valence-corrected chi connectivity index (χ3v) is 8.86. The van der Waals surface area contributed by atoms with Crippen LogP contribution in [0, 0.1) is 0 Å². The number of rotatable bonds is 37. The second-order valence-electron chi connectivity index (χ2n) is 13.3. The van der Waals surface area contributed by atoms with Gasteiger partial charge in [-0.1, -0.05) is 136 Å². The van der Waals surface area contributed by atoms with E-state index in [0.717, 1.165) is 57.8 Å². The Labute approximate surface area is 344 Å². The molecule has 10 nitrogen and oxygen atoms in total.